The highest BCUT2D eigenvalue weighted by Crippen LogP contribution is 2.28. The van der Waals surface area contributed by atoms with Crippen LogP contribution in [0.15, 0.2) is 53.9 Å². The van der Waals surface area contributed by atoms with Gasteiger partial charge in [-0.15, -0.1) is 0 Å². The van der Waals surface area contributed by atoms with Crippen LogP contribution in [0.5, 0.6) is 11.5 Å². The highest BCUT2D eigenvalue weighted by Gasteiger charge is 2.27. The first kappa shape index (κ1) is 21.9. The van der Waals surface area contributed by atoms with E-state index in [1.54, 1.807) is 37.3 Å². The summed E-state index contributed by atoms with van der Waals surface area (Å²) >= 11 is 0. The molecule has 0 N–H and O–H groups in total. The van der Waals surface area contributed by atoms with Crippen LogP contribution in [0.4, 0.5) is 0 Å². The van der Waals surface area contributed by atoms with Crippen molar-refractivity contribution in [2.75, 3.05) is 40.4 Å². The van der Waals surface area contributed by atoms with Gasteiger partial charge in [0.1, 0.15) is 0 Å². The van der Waals surface area contributed by atoms with E-state index in [-0.39, 0.29) is 25.4 Å². The average molecular weight is 431 g/mol. The van der Waals surface area contributed by atoms with Crippen molar-refractivity contribution in [2.45, 2.75) is 6.42 Å². The van der Waals surface area contributed by atoms with Gasteiger partial charge in [0.15, 0.2) is 11.5 Å². The molecule has 160 valence electrons. The van der Waals surface area contributed by atoms with Crippen molar-refractivity contribution in [1.29, 1.82) is 0 Å². The Morgan fingerprint density at radius 2 is 1.63 bits per heavy atom. The van der Waals surface area contributed by atoms with E-state index in [0.29, 0.717) is 24.6 Å². The fraction of sp³-hybridized carbons (Fsp3) is 0.318. The van der Waals surface area contributed by atoms with Crippen molar-refractivity contribution in [2.24, 2.45) is 0 Å². The lowest BCUT2D eigenvalue weighted by Gasteiger charge is -2.33. The van der Waals surface area contributed by atoms with Gasteiger partial charge < -0.3 is 14.4 Å². The number of sulfonamides is 1. The molecule has 0 radical (unpaired) electrons. The quantitative estimate of drug-likeness (QED) is 0.674. The monoisotopic (exact) mass is 430 g/mol. The molecule has 0 atom stereocenters. The first-order valence-electron chi connectivity index (χ1n) is 9.65. The van der Waals surface area contributed by atoms with E-state index in [9.17, 15) is 13.2 Å². The normalized spacial score (nSPS) is 15.3. The topological polar surface area (TPSA) is 76.2 Å². The zero-order valence-corrected chi connectivity index (χ0v) is 18.0. The predicted octanol–water partition coefficient (Wildman–Crippen LogP) is 2.39. The number of hydrogen-bond donors (Lipinski definition) is 0. The van der Waals surface area contributed by atoms with Crippen molar-refractivity contribution in [3.8, 4) is 11.5 Å². The summed E-state index contributed by atoms with van der Waals surface area (Å²) in [5.41, 5.74) is 1.64. The molecular weight excluding hydrogens is 404 g/mol. The summed E-state index contributed by atoms with van der Waals surface area (Å²) in [4.78, 5) is 14.4. The average Bonchev–Trinajstić information content (AvgIpc) is 2.78. The van der Waals surface area contributed by atoms with Crippen molar-refractivity contribution in [3.63, 3.8) is 0 Å². The molecule has 0 aliphatic carbocycles. The number of carbonyl (C=O) groups excluding carboxylic acids is 1. The summed E-state index contributed by atoms with van der Waals surface area (Å²) in [6.45, 7) is 1.29. The van der Waals surface area contributed by atoms with Gasteiger partial charge >= 0.3 is 0 Å². The SMILES string of the molecule is COc1ccc(CC(=O)N2CCN(S(=O)(=O)/C=C/c3ccccc3)CC2)cc1OC. The fourth-order valence-corrected chi connectivity index (χ4v) is 4.46. The van der Waals surface area contributed by atoms with Crippen LogP contribution in [0.25, 0.3) is 6.08 Å². The number of amides is 1. The minimum atomic E-state index is -3.52. The molecule has 1 saturated heterocycles. The Hall–Kier alpha value is -2.84. The Morgan fingerprint density at radius 1 is 0.967 bits per heavy atom. The number of carbonyl (C=O) groups is 1. The minimum absolute atomic E-state index is 0.0425. The summed E-state index contributed by atoms with van der Waals surface area (Å²) in [5.74, 6) is 1.14. The molecule has 1 fully saturated rings. The van der Waals surface area contributed by atoms with Crippen LogP contribution in [-0.4, -0.2) is 63.9 Å². The van der Waals surface area contributed by atoms with Gasteiger partial charge in [0, 0.05) is 31.6 Å². The lowest BCUT2D eigenvalue weighted by molar-refractivity contribution is -0.131. The molecule has 8 heteroatoms. The molecule has 1 aliphatic rings. The molecule has 2 aromatic carbocycles. The molecule has 0 bridgehead atoms. The molecule has 2 aromatic rings. The number of hydrogen-bond acceptors (Lipinski definition) is 5. The number of methoxy groups -OCH3 is 2. The molecule has 7 nitrogen and oxygen atoms in total. The third-order valence-corrected chi connectivity index (χ3v) is 6.55. The van der Waals surface area contributed by atoms with E-state index in [1.807, 2.05) is 36.4 Å². The summed E-state index contributed by atoms with van der Waals surface area (Å²) in [6, 6.07) is 14.7. The Bertz CT molecular complexity index is 997. The third-order valence-electron chi connectivity index (χ3n) is 4.99. The molecule has 0 unspecified atom stereocenters. The molecule has 0 aromatic heterocycles. The van der Waals surface area contributed by atoms with E-state index in [4.69, 9.17) is 9.47 Å². The Morgan fingerprint density at radius 3 is 2.27 bits per heavy atom. The lowest BCUT2D eigenvalue weighted by atomic mass is 10.1. The van der Waals surface area contributed by atoms with Crippen molar-refractivity contribution in [1.82, 2.24) is 9.21 Å². The molecule has 0 saturated carbocycles. The largest absolute Gasteiger partial charge is 0.493 e. The zero-order valence-electron chi connectivity index (χ0n) is 17.2. The molecular formula is C22H26N2O5S. The van der Waals surface area contributed by atoms with Gasteiger partial charge in [-0.3, -0.25) is 4.79 Å². The van der Waals surface area contributed by atoms with Gasteiger partial charge in [-0.25, -0.2) is 8.42 Å². The highest BCUT2D eigenvalue weighted by molar-refractivity contribution is 7.92. The van der Waals surface area contributed by atoms with Crippen molar-refractivity contribution >= 4 is 22.0 Å². The van der Waals surface area contributed by atoms with E-state index < -0.39 is 10.0 Å². The van der Waals surface area contributed by atoms with E-state index >= 15 is 0 Å². The first-order valence-corrected chi connectivity index (χ1v) is 11.2. The summed E-state index contributed by atoms with van der Waals surface area (Å²) in [6.07, 6.45) is 1.81. The molecule has 1 amide bonds. The molecule has 1 heterocycles. The van der Waals surface area contributed by atoms with Crippen molar-refractivity contribution < 1.29 is 22.7 Å². The second-order valence-corrected chi connectivity index (χ2v) is 8.72. The Balaban J connectivity index is 1.57. The van der Waals surface area contributed by atoms with E-state index in [0.717, 1.165) is 11.1 Å². The maximum absolute atomic E-state index is 12.7. The molecule has 3 rings (SSSR count). The second kappa shape index (κ2) is 9.77. The van der Waals surface area contributed by atoms with Crippen LogP contribution in [0.1, 0.15) is 11.1 Å². The van der Waals surface area contributed by atoms with Crippen LogP contribution in [-0.2, 0) is 21.2 Å². The van der Waals surface area contributed by atoms with Gasteiger partial charge in [-0.1, -0.05) is 36.4 Å². The van der Waals surface area contributed by atoms with E-state index in [2.05, 4.69) is 0 Å². The first-order chi connectivity index (χ1) is 14.4. The maximum atomic E-state index is 12.7. The van der Waals surface area contributed by atoms with Gasteiger partial charge in [0.2, 0.25) is 15.9 Å². The Kier molecular flexibility index (Phi) is 7.12. The molecule has 30 heavy (non-hydrogen) atoms. The predicted molar refractivity (Wildman–Crippen MR) is 116 cm³/mol. The molecule has 1 aliphatic heterocycles. The number of ether oxygens (including phenoxy) is 2. The maximum Gasteiger partial charge on any atom is 0.236 e. The highest BCUT2D eigenvalue weighted by atomic mass is 32.2. The van der Waals surface area contributed by atoms with Crippen LogP contribution < -0.4 is 9.47 Å². The standard InChI is InChI=1S/C22H26N2O5S/c1-28-20-9-8-19(16-21(20)29-2)17-22(25)23-11-13-24(14-12-23)30(26,27)15-10-18-6-4-3-5-7-18/h3-10,15-16H,11-14,17H2,1-2H3/b15-10+. The van der Waals surface area contributed by atoms with Gasteiger partial charge in [-0.05, 0) is 29.3 Å². The minimum Gasteiger partial charge on any atom is -0.493 e. The van der Waals surface area contributed by atoms with Crippen LogP contribution in [0.3, 0.4) is 0 Å². The smallest absolute Gasteiger partial charge is 0.236 e. The Labute approximate surface area is 177 Å². The summed E-state index contributed by atoms with van der Waals surface area (Å²) < 4.78 is 37.0. The number of benzene rings is 2. The van der Waals surface area contributed by atoms with Gasteiger partial charge in [0.25, 0.3) is 0 Å². The van der Waals surface area contributed by atoms with E-state index in [1.165, 1.54) is 9.71 Å². The lowest BCUT2D eigenvalue weighted by Crippen LogP contribution is -2.50. The summed E-state index contributed by atoms with van der Waals surface area (Å²) in [5, 5.41) is 1.23. The fourth-order valence-electron chi connectivity index (χ4n) is 3.28. The number of nitrogens with zero attached hydrogens (tertiary/aromatic N) is 2. The molecule has 0 spiro atoms. The van der Waals surface area contributed by atoms with Crippen molar-refractivity contribution in [3.05, 3.63) is 65.1 Å². The number of piperazine rings is 1. The van der Waals surface area contributed by atoms with Crippen LogP contribution >= 0.6 is 0 Å². The van der Waals surface area contributed by atoms with Crippen LogP contribution in [0, 0.1) is 0 Å². The van der Waals surface area contributed by atoms with Gasteiger partial charge in [-0.2, -0.15) is 4.31 Å². The number of rotatable bonds is 7. The zero-order chi connectivity index (χ0) is 21.6. The van der Waals surface area contributed by atoms with Crippen LogP contribution in [0.2, 0.25) is 0 Å². The summed E-state index contributed by atoms with van der Waals surface area (Å²) in [7, 11) is -0.410. The van der Waals surface area contributed by atoms with Gasteiger partial charge in [0.05, 0.1) is 20.6 Å². The second-order valence-electron chi connectivity index (χ2n) is 6.90. The third kappa shape index (κ3) is 5.40.